The average molecular weight is 347 g/mol. The number of pyridine rings is 1. The summed E-state index contributed by atoms with van der Waals surface area (Å²) in [5.74, 6) is -0.378. The highest BCUT2D eigenvalue weighted by molar-refractivity contribution is 6.04. The first-order chi connectivity index (χ1) is 12.6. The van der Waals surface area contributed by atoms with Crippen molar-refractivity contribution in [2.75, 3.05) is 5.32 Å². The van der Waals surface area contributed by atoms with Gasteiger partial charge < -0.3 is 9.88 Å². The lowest BCUT2D eigenvalue weighted by molar-refractivity contribution is 0.102. The fraction of sp³-hybridized carbons (Fsp3) is 0.158. The van der Waals surface area contributed by atoms with Crippen LogP contribution in [0.1, 0.15) is 23.0 Å². The van der Waals surface area contributed by atoms with Crippen LogP contribution in [0.4, 0.5) is 5.69 Å². The number of anilines is 1. The monoisotopic (exact) mass is 347 g/mol. The first-order valence-electron chi connectivity index (χ1n) is 8.33. The summed E-state index contributed by atoms with van der Waals surface area (Å²) in [7, 11) is 0. The number of amides is 1. The molecule has 4 rings (SSSR count). The van der Waals surface area contributed by atoms with E-state index in [0.717, 1.165) is 16.6 Å². The quantitative estimate of drug-likeness (QED) is 0.618. The van der Waals surface area contributed by atoms with Gasteiger partial charge in [-0.25, -0.2) is 4.52 Å². The third-order valence-corrected chi connectivity index (χ3v) is 4.41. The summed E-state index contributed by atoms with van der Waals surface area (Å²) in [5, 5.41) is 7.17. The molecule has 130 valence electrons. The Morgan fingerprint density at radius 3 is 2.65 bits per heavy atom. The topological polar surface area (TPSA) is 81.3 Å². The molecule has 3 heterocycles. The molecule has 4 aromatic rings. The molecule has 26 heavy (non-hydrogen) atoms. The van der Waals surface area contributed by atoms with Gasteiger partial charge in [0.05, 0.1) is 22.9 Å². The van der Waals surface area contributed by atoms with Gasteiger partial charge >= 0.3 is 0 Å². The van der Waals surface area contributed by atoms with Gasteiger partial charge in [0.15, 0.2) is 5.69 Å². The van der Waals surface area contributed by atoms with Gasteiger partial charge in [-0.05, 0) is 37.6 Å². The lowest BCUT2D eigenvalue weighted by Crippen LogP contribution is -2.22. The number of carbonyl (C=O) groups excluding carboxylic acids is 1. The van der Waals surface area contributed by atoms with E-state index in [-0.39, 0.29) is 17.2 Å². The van der Waals surface area contributed by atoms with E-state index < -0.39 is 0 Å². The normalized spacial score (nSPS) is 11.2. The van der Waals surface area contributed by atoms with Crippen molar-refractivity contribution in [1.82, 2.24) is 19.2 Å². The van der Waals surface area contributed by atoms with E-state index in [1.54, 1.807) is 17.0 Å². The highest BCUT2D eigenvalue weighted by Crippen LogP contribution is 2.17. The molecule has 0 bridgehead atoms. The van der Waals surface area contributed by atoms with Crippen molar-refractivity contribution >= 4 is 28.1 Å². The largest absolute Gasteiger partial charge is 0.319 e. The van der Waals surface area contributed by atoms with Crippen LogP contribution in [0.2, 0.25) is 0 Å². The third-order valence-electron chi connectivity index (χ3n) is 4.41. The van der Waals surface area contributed by atoms with Crippen LogP contribution in [0.25, 0.3) is 16.6 Å². The molecule has 3 aromatic heterocycles. The van der Waals surface area contributed by atoms with Crippen molar-refractivity contribution in [3.8, 4) is 0 Å². The molecule has 0 aliphatic rings. The van der Waals surface area contributed by atoms with Crippen molar-refractivity contribution in [2.24, 2.45) is 0 Å². The summed E-state index contributed by atoms with van der Waals surface area (Å²) in [4.78, 5) is 29.4. The van der Waals surface area contributed by atoms with E-state index in [4.69, 9.17) is 0 Å². The predicted molar refractivity (Wildman–Crippen MR) is 99.6 cm³/mol. The lowest BCUT2D eigenvalue weighted by atomic mass is 10.2. The van der Waals surface area contributed by atoms with Crippen molar-refractivity contribution in [2.45, 2.75) is 20.4 Å². The molecule has 0 atom stereocenters. The Bertz CT molecular complexity index is 1210. The molecule has 1 N–H and O–H groups in total. The van der Waals surface area contributed by atoms with Gasteiger partial charge in [-0.15, -0.1) is 0 Å². The average Bonchev–Trinajstić information content (AvgIpc) is 3.10. The number of rotatable bonds is 3. The molecule has 7 nitrogen and oxygen atoms in total. The first-order valence-corrected chi connectivity index (χ1v) is 8.33. The van der Waals surface area contributed by atoms with Gasteiger partial charge in [0.25, 0.3) is 11.5 Å². The molecular weight excluding hydrogens is 330 g/mol. The highest BCUT2D eigenvalue weighted by atomic mass is 16.2. The van der Waals surface area contributed by atoms with Gasteiger partial charge in [-0.3, -0.25) is 14.6 Å². The number of para-hydroxylation sites is 2. The summed E-state index contributed by atoms with van der Waals surface area (Å²) in [5.41, 5.74) is 3.46. The van der Waals surface area contributed by atoms with E-state index in [2.05, 4.69) is 15.4 Å². The Balaban J connectivity index is 1.87. The molecule has 0 fully saturated rings. The minimum Gasteiger partial charge on any atom is -0.319 e. The predicted octanol–water partition coefficient (Wildman–Crippen LogP) is 2.62. The Morgan fingerprint density at radius 1 is 1.15 bits per heavy atom. The second-order valence-corrected chi connectivity index (χ2v) is 6.01. The molecule has 0 saturated carbocycles. The Hall–Kier alpha value is -3.48. The molecule has 1 aromatic carbocycles. The number of benzene rings is 1. The number of carbonyl (C=O) groups is 1. The molecule has 0 saturated heterocycles. The summed E-state index contributed by atoms with van der Waals surface area (Å²) in [6.07, 6.45) is 3.25. The minimum absolute atomic E-state index is 0.171. The van der Waals surface area contributed by atoms with Gasteiger partial charge in [0, 0.05) is 18.8 Å². The molecule has 1 amide bonds. The van der Waals surface area contributed by atoms with E-state index in [9.17, 15) is 9.59 Å². The fourth-order valence-corrected chi connectivity index (χ4v) is 3.04. The van der Waals surface area contributed by atoms with E-state index in [1.807, 2.05) is 44.2 Å². The summed E-state index contributed by atoms with van der Waals surface area (Å²) in [6.45, 7) is 4.34. The first kappa shape index (κ1) is 16.0. The molecule has 0 aliphatic carbocycles. The van der Waals surface area contributed by atoms with E-state index >= 15 is 0 Å². The van der Waals surface area contributed by atoms with Crippen LogP contribution in [-0.4, -0.2) is 25.1 Å². The fourth-order valence-electron chi connectivity index (χ4n) is 3.04. The van der Waals surface area contributed by atoms with Crippen LogP contribution in [0.5, 0.6) is 0 Å². The van der Waals surface area contributed by atoms with Crippen LogP contribution in [0.3, 0.4) is 0 Å². The number of nitrogens with zero attached hydrogens (tertiary/aromatic N) is 4. The number of fused-ring (bicyclic) bond motifs is 3. The zero-order valence-electron chi connectivity index (χ0n) is 14.4. The Morgan fingerprint density at radius 2 is 1.92 bits per heavy atom. The summed E-state index contributed by atoms with van der Waals surface area (Å²) in [6, 6.07) is 10.9. The lowest BCUT2D eigenvalue weighted by Gasteiger charge is -2.09. The zero-order valence-corrected chi connectivity index (χ0v) is 14.4. The van der Waals surface area contributed by atoms with Crippen LogP contribution < -0.4 is 10.9 Å². The van der Waals surface area contributed by atoms with Gasteiger partial charge in [-0.2, -0.15) is 5.10 Å². The maximum Gasteiger partial charge on any atom is 0.277 e. The van der Waals surface area contributed by atoms with Crippen LogP contribution in [-0.2, 0) is 6.54 Å². The molecular formula is C19H17N5O2. The molecule has 0 radical (unpaired) electrons. The van der Waals surface area contributed by atoms with Crippen molar-refractivity contribution < 1.29 is 4.79 Å². The number of hydrogen-bond acceptors (Lipinski definition) is 4. The molecule has 7 heteroatoms. The second kappa shape index (κ2) is 6.11. The molecule has 0 aliphatic heterocycles. The standard InChI is InChI=1S/C19H17N5O2/c1-3-23-15-6-4-5-7-16(15)24-17(19(23)26)10-13(22-24)18(25)21-14-11-20-9-8-12(14)2/h4-11H,3H2,1-2H3,(H,21,25). The van der Waals surface area contributed by atoms with E-state index in [0.29, 0.717) is 17.7 Å². The Kier molecular flexibility index (Phi) is 3.76. The number of aryl methyl sites for hydroxylation is 2. The zero-order chi connectivity index (χ0) is 18.3. The SMILES string of the molecule is CCn1c(=O)c2cc(C(=O)Nc3cnccc3C)nn2c2ccccc21. The van der Waals surface area contributed by atoms with Gasteiger partial charge in [0.1, 0.15) is 5.52 Å². The van der Waals surface area contributed by atoms with Gasteiger partial charge in [0.2, 0.25) is 0 Å². The maximum absolute atomic E-state index is 12.8. The van der Waals surface area contributed by atoms with Crippen molar-refractivity contribution in [3.63, 3.8) is 0 Å². The van der Waals surface area contributed by atoms with Crippen LogP contribution in [0.15, 0.2) is 53.6 Å². The van der Waals surface area contributed by atoms with Crippen molar-refractivity contribution in [1.29, 1.82) is 0 Å². The maximum atomic E-state index is 12.8. The molecule has 0 unspecified atom stereocenters. The third kappa shape index (κ3) is 2.45. The second-order valence-electron chi connectivity index (χ2n) is 6.01. The number of nitrogens with one attached hydrogen (secondary N) is 1. The molecule has 0 spiro atoms. The van der Waals surface area contributed by atoms with Crippen LogP contribution >= 0.6 is 0 Å². The van der Waals surface area contributed by atoms with Crippen molar-refractivity contribution in [3.05, 3.63) is 70.4 Å². The Labute approximate surface area is 148 Å². The smallest absolute Gasteiger partial charge is 0.277 e. The summed E-state index contributed by atoms with van der Waals surface area (Å²) < 4.78 is 3.22. The minimum atomic E-state index is -0.378. The van der Waals surface area contributed by atoms with Gasteiger partial charge in [-0.1, -0.05) is 12.1 Å². The number of aromatic nitrogens is 4. The van der Waals surface area contributed by atoms with E-state index in [1.165, 1.54) is 10.6 Å². The highest BCUT2D eigenvalue weighted by Gasteiger charge is 2.17. The number of hydrogen-bond donors (Lipinski definition) is 1. The summed E-state index contributed by atoms with van der Waals surface area (Å²) >= 11 is 0. The van der Waals surface area contributed by atoms with Crippen LogP contribution in [0, 0.1) is 6.92 Å².